The van der Waals surface area contributed by atoms with Gasteiger partial charge in [0.1, 0.15) is 17.3 Å². The second-order valence-corrected chi connectivity index (χ2v) is 8.32. The Morgan fingerprint density at radius 1 is 1.03 bits per heavy atom. The highest BCUT2D eigenvalue weighted by atomic mass is 35.5. The van der Waals surface area contributed by atoms with Gasteiger partial charge in [0.25, 0.3) is 11.7 Å². The lowest BCUT2D eigenvalue weighted by Crippen LogP contribution is -2.29. The maximum Gasteiger partial charge on any atom is 0.300 e. The Labute approximate surface area is 199 Å². The standard InChI is InChI=1S/C25H18Cl2FNO4/c1-13-10-15(7-9-20(13)33-2)23(30)21-22(14-6-8-18(26)19(27)11-14)29(25(32)24(21)31)17-5-3-4-16(28)12-17/h3-12,22,30H,1-2H3/b23-21-. The summed E-state index contributed by atoms with van der Waals surface area (Å²) in [6, 6.07) is 13.8. The Hall–Kier alpha value is -3.35. The molecular formula is C25H18Cl2FNO4. The first-order valence-corrected chi connectivity index (χ1v) is 10.6. The number of benzene rings is 3. The molecule has 5 nitrogen and oxygen atoms in total. The number of hydrogen-bond donors (Lipinski definition) is 1. The lowest BCUT2D eigenvalue weighted by atomic mass is 9.94. The molecule has 0 bridgehead atoms. The molecule has 0 radical (unpaired) electrons. The molecule has 168 valence electrons. The van der Waals surface area contributed by atoms with Gasteiger partial charge in [-0.15, -0.1) is 0 Å². The summed E-state index contributed by atoms with van der Waals surface area (Å²) in [5.41, 5.74) is 1.51. The predicted molar refractivity (Wildman–Crippen MR) is 125 cm³/mol. The fourth-order valence-electron chi connectivity index (χ4n) is 3.90. The average Bonchev–Trinajstić information content (AvgIpc) is 3.05. The fraction of sp³-hybridized carbons (Fsp3) is 0.120. The summed E-state index contributed by atoms with van der Waals surface area (Å²) in [5, 5.41) is 11.7. The molecule has 1 amide bonds. The SMILES string of the molecule is COc1ccc(/C(O)=C2/C(=O)C(=O)N(c3cccc(F)c3)C2c2ccc(Cl)c(Cl)c2)cc1C. The van der Waals surface area contributed by atoms with E-state index in [1.165, 1.54) is 37.4 Å². The largest absolute Gasteiger partial charge is 0.507 e. The highest BCUT2D eigenvalue weighted by Gasteiger charge is 2.47. The summed E-state index contributed by atoms with van der Waals surface area (Å²) in [6.07, 6.45) is 0. The quantitative estimate of drug-likeness (QED) is 0.276. The number of Topliss-reactive ketones (excluding diaryl/α,β-unsaturated/α-hetero) is 1. The Morgan fingerprint density at radius 2 is 1.79 bits per heavy atom. The van der Waals surface area contributed by atoms with Crippen molar-refractivity contribution < 1.29 is 23.8 Å². The number of nitrogens with zero attached hydrogens (tertiary/aromatic N) is 1. The van der Waals surface area contributed by atoms with Gasteiger partial charge >= 0.3 is 0 Å². The molecule has 3 aromatic rings. The number of methoxy groups -OCH3 is 1. The second-order valence-electron chi connectivity index (χ2n) is 7.51. The number of anilines is 1. The summed E-state index contributed by atoms with van der Waals surface area (Å²) >= 11 is 12.3. The third-order valence-electron chi connectivity index (χ3n) is 5.46. The van der Waals surface area contributed by atoms with Gasteiger partial charge in [0, 0.05) is 11.3 Å². The van der Waals surface area contributed by atoms with Crippen molar-refractivity contribution >= 4 is 46.3 Å². The Balaban J connectivity index is 1.96. The van der Waals surface area contributed by atoms with Crippen LogP contribution in [0.5, 0.6) is 5.75 Å². The van der Waals surface area contributed by atoms with Gasteiger partial charge in [-0.25, -0.2) is 4.39 Å². The van der Waals surface area contributed by atoms with E-state index in [9.17, 15) is 19.1 Å². The number of ether oxygens (including phenoxy) is 1. The maximum atomic E-state index is 14.0. The minimum absolute atomic E-state index is 0.146. The molecule has 0 spiro atoms. The van der Waals surface area contributed by atoms with Gasteiger partial charge in [0.2, 0.25) is 0 Å². The number of rotatable bonds is 4. The number of hydrogen-bond acceptors (Lipinski definition) is 4. The number of ketones is 1. The molecular weight excluding hydrogens is 468 g/mol. The van der Waals surface area contributed by atoms with Crippen molar-refractivity contribution in [2.24, 2.45) is 0 Å². The molecule has 1 N–H and O–H groups in total. The summed E-state index contributed by atoms with van der Waals surface area (Å²) in [5.74, 6) is -2.14. The van der Waals surface area contributed by atoms with E-state index in [-0.39, 0.29) is 27.1 Å². The van der Waals surface area contributed by atoms with Gasteiger partial charge < -0.3 is 9.84 Å². The van der Waals surface area contributed by atoms with Crippen LogP contribution >= 0.6 is 23.2 Å². The summed E-state index contributed by atoms with van der Waals surface area (Å²) in [4.78, 5) is 27.4. The van der Waals surface area contributed by atoms with Gasteiger partial charge in [0.15, 0.2) is 0 Å². The first kappa shape index (κ1) is 22.8. The number of aliphatic hydroxyl groups is 1. The Kier molecular flexibility index (Phi) is 6.15. The number of aliphatic hydroxyl groups excluding tert-OH is 1. The lowest BCUT2D eigenvalue weighted by Gasteiger charge is -2.25. The molecule has 1 saturated heterocycles. The van der Waals surface area contributed by atoms with Gasteiger partial charge in [-0.05, 0) is 66.6 Å². The molecule has 0 aromatic heterocycles. The van der Waals surface area contributed by atoms with Crippen molar-refractivity contribution in [3.8, 4) is 5.75 Å². The first-order chi connectivity index (χ1) is 15.7. The van der Waals surface area contributed by atoms with Crippen molar-refractivity contribution in [1.82, 2.24) is 0 Å². The number of halogens is 3. The molecule has 0 aliphatic carbocycles. The molecule has 1 heterocycles. The molecule has 1 aliphatic rings. The fourth-order valence-corrected chi connectivity index (χ4v) is 4.21. The van der Waals surface area contributed by atoms with E-state index in [2.05, 4.69) is 0 Å². The normalized spacial score (nSPS) is 17.5. The van der Waals surface area contributed by atoms with Gasteiger partial charge in [0.05, 0.1) is 28.8 Å². The van der Waals surface area contributed by atoms with E-state index in [4.69, 9.17) is 27.9 Å². The number of carbonyl (C=O) groups is 2. The lowest BCUT2D eigenvalue weighted by molar-refractivity contribution is -0.132. The first-order valence-electron chi connectivity index (χ1n) is 9.89. The van der Waals surface area contributed by atoms with Crippen LogP contribution in [0.3, 0.4) is 0 Å². The molecule has 8 heteroatoms. The molecule has 4 rings (SSSR count). The smallest absolute Gasteiger partial charge is 0.300 e. The van der Waals surface area contributed by atoms with Crippen molar-refractivity contribution in [2.45, 2.75) is 13.0 Å². The molecule has 1 aliphatic heterocycles. The van der Waals surface area contributed by atoms with E-state index in [0.717, 1.165) is 16.5 Å². The van der Waals surface area contributed by atoms with Crippen LogP contribution in [-0.4, -0.2) is 23.9 Å². The van der Waals surface area contributed by atoms with E-state index < -0.39 is 23.5 Å². The molecule has 33 heavy (non-hydrogen) atoms. The predicted octanol–water partition coefficient (Wildman–Crippen LogP) is 6.08. The van der Waals surface area contributed by atoms with Crippen molar-refractivity contribution in [2.75, 3.05) is 12.0 Å². The second kappa shape index (κ2) is 8.89. The summed E-state index contributed by atoms with van der Waals surface area (Å²) < 4.78 is 19.2. The topological polar surface area (TPSA) is 66.8 Å². The molecule has 3 aromatic carbocycles. The highest BCUT2D eigenvalue weighted by molar-refractivity contribution is 6.51. The summed E-state index contributed by atoms with van der Waals surface area (Å²) in [6.45, 7) is 1.79. The third-order valence-corrected chi connectivity index (χ3v) is 6.20. The molecule has 1 unspecified atom stereocenters. The Morgan fingerprint density at radius 3 is 2.42 bits per heavy atom. The number of carbonyl (C=O) groups excluding carboxylic acids is 2. The average molecular weight is 486 g/mol. The zero-order valence-electron chi connectivity index (χ0n) is 17.6. The minimum atomic E-state index is -1.05. The van der Waals surface area contributed by atoms with Gasteiger partial charge in [-0.3, -0.25) is 14.5 Å². The number of amides is 1. The van der Waals surface area contributed by atoms with Crippen LogP contribution in [0.2, 0.25) is 10.0 Å². The van der Waals surface area contributed by atoms with E-state index >= 15 is 0 Å². The Bertz CT molecular complexity index is 1320. The molecule has 1 fully saturated rings. The van der Waals surface area contributed by atoms with Gasteiger partial charge in [-0.1, -0.05) is 35.3 Å². The van der Waals surface area contributed by atoms with Crippen LogP contribution in [0, 0.1) is 12.7 Å². The number of aryl methyl sites for hydroxylation is 1. The highest BCUT2D eigenvalue weighted by Crippen LogP contribution is 2.43. The summed E-state index contributed by atoms with van der Waals surface area (Å²) in [7, 11) is 1.52. The van der Waals surface area contributed by atoms with Crippen molar-refractivity contribution in [3.05, 3.63) is 98.8 Å². The van der Waals surface area contributed by atoms with Crippen LogP contribution in [0.1, 0.15) is 22.7 Å². The van der Waals surface area contributed by atoms with E-state index in [0.29, 0.717) is 16.9 Å². The molecule has 0 saturated carbocycles. The van der Waals surface area contributed by atoms with Crippen molar-refractivity contribution in [3.63, 3.8) is 0 Å². The van der Waals surface area contributed by atoms with Crippen LogP contribution < -0.4 is 9.64 Å². The van der Waals surface area contributed by atoms with Crippen LogP contribution in [0.25, 0.3) is 5.76 Å². The van der Waals surface area contributed by atoms with E-state index in [1.807, 2.05) is 0 Å². The monoisotopic (exact) mass is 485 g/mol. The van der Waals surface area contributed by atoms with Crippen LogP contribution in [0.15, 0.2) is 66.2 Å². The van der Waals surface area contributed by atoms with Gasteiger partial charge in [-0.2, -0.15) is 0 Å². The van der Waals surface area contributed by atoms with Crippen molar-refractivity contribution in [1.29, 1.82) is 0 Å². The minimum Gasteiger partial charge on any atom is -0.507 e. The molecule has 1 atom stereocenters. The zero-order chi connectivity index (χ0) is 23.9. The maximum absolute atomic E-state index is 14.0. The van der Waals surface area contributed by atoms with Crippen LogP contribution in [-0.2, 0) is 9.59 Å². The third kappa shape index (κ3) is 4.08. The van der Waals surface area contributed by atoms with E-state index in [1.54, 1.807) is 31.2 Å². The van der Waals surface area contributed by atoms with Crippen LogP contribution in [0.4, 0.5) is 10.1 Å². The zero-order valence-corrected chi connectivity index (χ0v) is 19.1.